The molecule has 1 fully saturated rings. The molecule has 1 saturated carbocycles. The Bertz CT molecular complexity index is 887. The van der Waals surface area contributed by atoms with Crippen molar-refractivity contribution < 1.29 is 9.90 Å². The van der Waals surface area contributed by atoms with Crippen LogP contribution in [-0.2, 0) is 24.2 Å². The van der Waals surface area contributed by atoms with Gasteiger partial charge in [0.05, 0.1) is 0 Å². The van der Waals surface area contributed by atoms with Crippen LogP contribution in [0.1, 0.15) is 73.1 Å². The molecular formula is C29H40N2O2. The van der Waals surface area contributed by atoms with Crippen molar-refractivity contribution in [2.45, 2.75) is 76.3 Å². The van der Waals surface area contributed by atoms with Crippen molar-refractivity contribution in [2.24, 2.45) is 5.92 Å². The van der Waals surface area contributed by atoms with Gasteiger partial charge in [0.25, 0.3) is 0 Å². The average Bonchev–Trinajstić information content (AvgIpc) is 2.88. The highest BCUT2D eigenvalue weighted by Crippen LogP contribution is 2.36. The summed E-state index contributed by atoms with van der Waals surface area (Å²) >= 11 is 0. The van der Waals surface area contributed by atoms with Crippen LogP contribution >= 0.6 is 0 Å². The van der Waals surface area contributed by atoms with Gasteiger partial charge in [-0.1, -0.05) is 48.5 Å². The molecule has 4 nitrogen and oxygen atoms in total. The van der Waals surface area contributed by atoms with Crippen LogP contribution in [0.5, 0.6) is 0 Å². The molecule has 2 aromatic carbocycles. The van der Waals surface area contributed by atoms with E-state index < -0.39 is 0 Å². The van der Waals surface area contributed by atoms with E-state index in [9.17, 15) is 4.79 Å². The van der Waals surface area contributed by atoms with Gasteiger partial charge in [0.1, 0.15) is 0 Å². The van der Waals surface area contributed by atoms with Gasteiger partial charge in [0, 0.05) is 32.2 Å². The summed E-state index contributed by atoms with van der Waals surface area (Å²) in [6.45, 7) is 2.11. The molecule has 0 aromatic heterocycles. The number of aliphatic hydroxyl groups excluding tert-OH is 1. The van der Waals surface area contributed by atoms with E-state index >= 15 is 0 Å². The van der Waals surface area contributed by atoms with E-state index in [1.807, 2.05) is 7.05 Å². The Kier molecular flexibility index (Phi) is 8.57. The Morgan fingerprint density at radius 2 is 1.70 bits per heavy atom. The van der Waals surface area contributed by atoms with Crippen LogP contribution in [0.3, 0.4) is 0 Å². The Hall–Kier alpha value is -2.17. The van der Waals surface area contributed by atoms with Gasteiger partial charge in [0.15, 0.2) is 0 Å². The van der Waals surface area contributed by atoms with Crippen molar-refractivity contribution in [1.82, 2.24) is 10.2 Å². The highest BCUT2D eigenvalue weighted by molar-refractivity contribution is 5.79. The molecule has 1 atom stereocenters. The fraction of sp³-hybridized carbons (Fsp3) is 0.552. The summed E-state index contributed by atoms with van der Waals surface area (Å²) in [6, 6.07) is 18.1. The van der Waals surface area contributed by atoms with Gasteiger partial charge in [-0.15, -0.1) is 0 Å². The number of nitrogens with one attached hydrogen (secondary N) is 1. The minimum Gasteiger partial charge on any atom is -0.396 e. The van der Waals surface area contributed by atoms with Gasteiger partial charge in [-0.05, 0) is 92.5 Å². The molecule has 2 aliphatic rings. The maximum absolute atomic E-state index is 13.2. The SMILES string of the molecule is CN(C(=O)C1CCc2ccccc2C1)C1CCC(c2ccc(CNCCCCO)cc2)CC1. The second-order valence-corrected chi connectivity index (χ2v) is 10.0. The van der Waals surface area contributed by atoms with E-state index in [4.69, 9.17) is 5.11 Å². The second kappa shape index (κ2) is 11.8. The van der Waals surface area contributed by atoms with Crippen molar-refractivity contribution in [3.63, 3.8) is 0 Å². The van der Waals surface area contributed by atoms with E-state index in [0.717, 1.165) is 70.9 Å². The number of carbonyl (C=O) groups is 1. The minimum absolute atomic E-state index is 0.146. The molecular weight excluding hydrogens is 408 g/mol. The summed E-state index contributed by atoms with van der Waals surface area (Å²) in [4.78, 5) is 15.3. The highest BCUT2D eigenvalue weighted by Gasteiger charge is 2.32. The van der Waals surface area contributed by atoms with Crippen LogP contribution in [0.4, 0.5) is 0 Å². The lowest BCUT2D eigenvalue weighted by Gasteiger charge is -2.37. The van der Waals surface area contributed by atoms with E-state index in [1.165, 1.54) is 22.3 Å². The van der Waals surface area contributed by atoms with Crippen molar-refractivity contribution in [3.8, 4) is 0 Å². The zero-order valence-corrected chi connectivity index (χ0v) is 20.1. The predicted molar refractivity (Wildman–Crippen MR) is 134 cm³/mol. The number of amides is 1. The number of nitrogens with zero attached hydrogens (tertiary/aromatic N) is 1. The predicted octanol–water partition coefficient (Wildman–Crippen LogP) is 4.84. The number of hydrogen-bond acceptors (Lipinski definition) is 3. The molecule has 1 unspecified atom stereocenters. The van der Waals surface area contributed by atoms with Crippen LogP contribution in [-0.4, -0.2) is 42.2 Å². The second-order valence-electron chi connectivity index (χ2n) is 10.0. The van der Waals surface area contributed by atoms with E-state index in [-0.39, 0.29) is 12.5 Å². The zero-order chi connectivity index (χ0) is 23.0. The molecule has 2 aliphatic carbocycles. The standard InChI is InChI=1S/C29H40N2O2/c1-31(29(33)27-13-12-23-6-2-3-7-26(23)20-27)28-16-14-25(15-17-28)24-10-8-22(9-11-24)21-30-18-4-5-19-32/h2-3,6-11,25,27-28,30,32H,4-5,12-21H2,1H3. The van der Waals surface area contributed by atoms with Crippen LogP contribution in [0.15, 0.2) is 48.5 Å². The van der Waals surface area contributed by atoms with Crippen molar-refractivity contribution in [3.05, 3.63) is 70.8 Å². The molecule has 178 valence electrons. The first-order chi connectivity index (χ1) is 16.2. The van der Waals surface area contributed by atoms with Gasteiger partial charge in [-0.2, -0.15) is 0 Å². The molecule has 4 heteroatoms. The van der Waals surface area contributed by atoms with Crippen LogP contribution in [0.2, 0.25) is 0 Å². The Morgan fingerprint density at radius 1 is 0.970 bits per heavy atom. The number of aryl methyl sites for hydroxylation is 1. The lowest BCUT2D eigenvalue weighted by atomic mass is 9.80. The fourth-order valence-electron chi connectivity index (χ4n) is 5.68. The Labute approximate surface area is 199 Å². The third-order valence-electron chi connectivity index (χ3n) is 7.83. The summed E-state index contributed by atoms with van der Waals surface area (Å²) in [6.07, 6.45) is 9.32. The Morgan fingerprint density at radius 3 is 2.42 bits per heavy atom. The van der Waals surface area contributed by atoms with Crippen LogP contribution < -0.4 is 5.32 Å². The van der Waals surface area contributed by atoms with Gasteiger partial charge in [0.2, 0.25) is 5.91 Å². The van der Waals surface area contributed by atoms with Crippen molar-refractivity contribution in [1.29, 1.82) is 0 Å². The summed E-state index contributed by atoms with van der Waals surface area (Å²) in [5.41, 5.74) is 5.54. The first-order valence-corrected chi connectivity index (χ1v) is 12.9. The smallest absolute Gasteiger partial charge is 0.226 e. The molecule has 0 spiro atoms. The average molecular weight is 449 g/mol. The molecule has 0 heterocycles. The molecule has 1 amide bonds. The van der Waals surface area contributed by atoms with E-state index in [0.29, 0.717) is 17.9 Å². The highest BCUT2D eigenvalue weighted by atomic mass is 16.2. The number of aliphatic hydroxyl groups is 1. The molecule has 33 heavy (non-hydrogen) atoms. The first kappa shape index (κ1) is 24.0. The van der Waals surface area contributed by atoms with Crippen molar-refractivity contribution in [2.75, 3.05) is 20.2 Å². The van der Waals surface area contributed by atoms with Crippen molar-refractivity contribution >= 4 is 5.91 Å². The maximum atomic E-state index is 13.2. The summed E-state index contributed by atoms with van der Waals surface area (Å²) < 4.78 is 0. The third kappa shape index (κ3) is 6.24. The normalized spacial score (nSPS) is 22.5. The summed E-state index contributed by atoms with van der Waals surface area (Å²) in [5.74, 6) is 1.11. The minimum atomic E-state index is 0.146. The quantitative estimate of drug-likeness (QED) is 0.540. The molecule has 0 aliphatic heterocycles. The molecule has 0 bridgehead atoms. The lowest BCUT2D eigenvalue weighted by Crippen LogP contribution is -2.43. The summed E-state index contributed by atoms with van der Waals surface area (Å²) in [7, 11) is 2.04. The lowest BCUT2D eigenvalue weighted by molar-refractivity contribution is -0.137. The number of unbranched alkanes of at least 4 members (excludes halogenated alkanes) is 1. The van der Waals surface area contributed by atoms with E-state index in [2.05, 4.69) is 58.7 Å². The molecule has 2 N–H and O–H groups in total. The number of rotatable bonds is 9. The molecule has 0 saturated heterocycles. The van der Waals surface area contributed by atoms with E-state index in [1.54, 1.807) is 0 Å². The number of fused-ring (bicyclic) bond motifs is 1. The zero-order valence-electron chi connectivity index (χ0n) is 20.1. The topological polar surface area (TPSA) is 52.6 Å². The van der Waals surface area contributed by atoms with Gasteiger partial charge in [-0.3, -0.25) is 4.79 Å². The third-order valence-corrected chi connectivity index (χ3v) is 7.83. The monoisotopic (exact) mass is 448 g/mol. The number of hydrogen-bond donors (Lipinski definition) is 2. The molecule has 0 radical (unpaired) electrons. The molecule has 2 aromatic rings. The van der Waals surface area contributed by atoms with Gasteiger partial charge in [-0.25, -0.2) is 0 Å². The summed E-state index contributed by atoms with van der Waals surface area (Å²) in [5, 5.41) is 12.3. The number of benzene rings is 2. The number of carbonyl (C=O) groups excluding carboxylic acids is 1. The van der Waals surface area contributed by atoms with Crippen LogP contribution in [0.25, 0.3) is 0 Å². The fourth-order valence-corrected chi connectivity index (χ4v) is 5.68. The largest absolute Gasteiger partial charge is 0.396 e. The van der Waals surface area contributed by atoms with Crippen LogP contribution in [0, 0.1) is 5.92 Å². The first-order valence-electron chi connectivity index (χ1n) is 12.9. The van der Waals surface area contributed by atoms with Gasteiger partial charge < -0.3 is 15.3 Å². The Balaban J connectivity index is 1.23. The molecule has 4 rings (SSSR count). The maximum Gasteiger partial charge on any atom is 0.226 e. The van der Waals surface area contributed by atoms with Gasteiger partial charge >= 0.3 is 0 Å².